The lowest BCUT2D eigenvalue weighted by atomic mass is 10.1. The molecule has 0 radical (unpaired) electrons. The number of aromatic amines is 1. The van der Waals surface area contributed by atoms with Crippen molar-refractivity contribution in [1.82, 2.24) is 9.97 Å². The van der Waals surface area contributed by atoms with Crippen molar-refractivity contribution in [1.29, 1.82) is 0 Å². The number of fused-ring (bicyclic) bond motifs is 1. The fourth-order valence-electron chi connectivity index (χ4n) is 3.12. The second-order valence-electron chi connectivity index (χ2n) is 6.60. The van der Waals surface area contributed by atoms with E-state index in [9.17, 15) is 9.59 Å². The average Bonchev–Trinajstić information content (AvgIpc) is 2.77. The number of H-pyrrole nitrogens is 1. The van der Waals surface area contributed by atoms with Crippen molar-refractivity contribution in [2.45, 2.75) is 6.54 Å². The smallest absolute Gasteiger partial charge is 0.255 e. The van der Waals surface area contributed by atoms with Crippen LogP contribution in [0.4, 0.5) is 5.69 Å². The van der Waals surface area contributed by atoms with Gasteiger partial charge in [-0.1, -0.05) is 42.5 Å². The zero-order chi connectivity index (χ0) is 20.1. The Labute approximate surface area is 168 Å². The van der Waals surface area contributed by atoms with E-state index in [4.69, 9.17) is 0 Å². The molecule has 5 heteroatoms. The maximum absolute atomic E-state index is 13.0. The van der Waals surface area contributed by atoms with Gasteiger partial charge in [-0.3, -0.25) is 14.6 Å². The van der Waals surface area contributed by atoms with Gasteiger partial charge in [0, 0.05) is 35.2 Å². The second kappa shape index (κ2) is 8.35. The summed E-state index contributed by atoms with van der Waals surface area (Å²) < 4.78 is 0. The Balaban J connectivity index is 1.64. The van der Waals surface area contributed by atoms with E-state index < -0.39 is 0 Å². The van der Waals surface area contributed by atoms with Crippen LogP contribution in [0, 0.1) is 0 Å². The first-order valence-electron chi connectivity index (χ1n) is 9.26. The number of nitrogens with zero attached hydrogens (tertiary/aromatic N) is 2. The summed E-state index contributed by atoms with van der Waals surface area (Å²) in [5.74, 6) is -0.215. The molecule has 0 saturated heterocycles. The molecular formula is C24H19N3O2. The zero-order valence-corrected chi connectivity index (χ0v) is 15.7. The van der Waals surface area contributed by atoms with Crippen molar-refractivity contribution in [2.75, 3.05) is 4.90 Å². The normalized spacial score (nSPS) is 11.0. The van der Waals surface area contributed by atoms with Crippen molar-refractivity contribution in [3.63, 3.8) is 0 Å². The lowest BCUT2D eigenvalue weighted by Crippen LogP contribution is -2.28. The summed E-state index contributed by atoms with van der Waals surface area (Å²) in [6, 6.07) is 22.5. The number of benzene rings is 2. The van der Waals surface area contributed by atoms with E-state index in [0.717, 1.165) is 22.2 Å². The van der Waals surface area contributed by atoms with E-state index in [1.165, 1.54) is 6.08 Å². The highest BCUT2D eigenvalue weighted by Crippen LogP contribution is 2.18. The van der Waals surface area contributed by atoms with Crippen LogP contribution in [0.15, 0.2) is 96.1 Å². The van der Waals surface area contributed by atoms with Crippen molar-refractivity contribution < 1.29 is 4.79 Å². The number of para-hydroxylation sites is 2. The van der Waals surface area contributed by atoms with E-state index in [2.05, 4.69) is 9.97 Å². The Morgan fingerprint density at radius 1 is 1.00 bits per heavy atom. The van der Waals surface area contributed by atoms with Crippen LogP contribution in [0.1, 0.15) is 11.1 Å². The minimum Gasteiger partial charge on any atom is -0.321 e. The quantitative estimate of drug-likeness (QED) is 0.528. The molecule has 0 aliphatic heterocycles. The summed E-state index contributed by atoms with van der Waals surface area (Å²) in [6.45, 7) is 0.384. The fourth-order valence-corrected chi connectivity index (χ4v) is 3.12. The predicted molar refractivity (Wildman–Crippen MR) is 115 cm³/mol. The third-order valence-corrected chi connectivity index (χ3v) is 4.59. The molecule has 1 N–H and O–H groups in total. The number of rotatable bonds is 5. The number of anilines is 1. The van der Waals surface area contributed by atoms with Crippen LogP contribution >= 0.6 is 0 Å². The van der Waals surface area contributed by atoms with Crippen LogP contribution < -0.4 is 10.5 Å². The van der Waals surface area contributed by atoms with Gasteiger partial charge >= 0.3 is 0 Å². The molecule has 0 fully saturated rings. The van der Waals surface area contributed by atoms with Crippen molar-refractivity contribution in [3.8, 4) is 0 Å². The molecule has 5 nitrogen and oxygen atoms in total. The molecule has 2 aromatic carbocycles. The first kappa shape index (κ1) is 18.4. The van der Waals surface area contributed by atoms with Crippen LogP contribution in [0.5, 0.6) is 0 Å². The number of carbonyl (C=O) groups is 1. The van der Waals surface area contributed by atoms with Gasteiger partial charge in [0.2, 0.25) is 0 Å². The van der Waals surface area contributed by atoms with E-state index in [1.54, 1.807) is 29.4 Å². The summed E-state index contributed by atoms with van der Waals surface area (Å²) in [5, 5.41) is 0.912. The molecule has 4 aromatic rings. The van der Waals surface area contributed by atoms with Crippen molar-refractivity contribution in [2.24, 2.45) is 0 Å². The van der Waals surface area contributed by atoms with E-state index >= 15 is 0 Å². The van der Waals surface area contributed by atoms with Crippen LogP contribution in [0.2, 0.25) is 0 Å². The highest BCUT2D eigenvalue weighted by atomic mass is 16.2. The largest absolute Gasteiger partial charge is 0.321 e. The summed E-state index contributed by atoms with van der Waals surface area (Å²) in [6.07, 6.45) is 6.43. The van der Waals surface area contributed by atoms with E-state index in [0.29, 0.717) is 12.1 Å². The predicted octanol–water partition coefficient (Wildman–Crippen LogP) is 4.17. The first-order valence-corrected chi connectivity index (χ1v) is 9.26. The van der Waals surface area contributed by atoms with Gasteiger partial charge in [0.1, 0.15) is 0 Å². The van der Waals surface area contributed by atoms with Gasteiger partial charge in [0.25, 0.3) is 11.5 Å². The lowest BCUT2D eigenvalue weighted by molar-refractivity contribution is -0.114. The molecule has 0 atom stereocenters. The minimum absolute atomic E-state index is 0.215. The average molecular weight is 381 g/mol. The molecule has 0 spiro atoms. The monoisotopic (exact) mass is 381 g/mol. The van der Waals surface area contributed by atoms with Crippen LogP contribution in [-0.4, -0.2) is 15.9 Å². The Bertz CT molecular complexity index is 1220. The first-order chi connectivity index (χ1) is 14.2. The van der Waals surface area contributed by atoms with Gasteiger partial charge in [0.15, 0.2) is 0 Å². The maximum atomic E-state index is 13.0. The number of nitrogens with one attached hydrogen (secondary N) is 1. The van der Waals surface area contributed by atoms with E-state index in [1.807, 2.05) is 66.7 Å². The number of hydrogen-bond acceptors (Lipinski definition) is 3. The number of hydrogen-bond donors (Lipinski definition) is 1. The topological polar surface area (TPSA) is 66.1 Å². The summed E-state index contributed by atoms with van der Waals surface area (Å²) in [4.78, 5) is 34.0. The highest BCUT2D eigenvalue weighted by molar-refractivity contribution is 6.03. The third-order valence-electron chi connectivity index (χ3n) is 4.59. The molecule has 0 bridgehead atoms. The Hall–Kier alpha value is -3.99. The minimum atomic E-state index is -0.230. The molecule has 4 rings (SSSR count). The van der Waals surface area contributed by atoms with Gasteiger partial charge in [0.05, 0.1) is 6.54 Å². The lowest BCUT2D eigenvalue weighted by Gasteiger charge is -2.21. The Morgan fingerprint density at radius 2 is 1.79 bits per heavy atom. The van der Waals surface area contributed by atoms with Gasteiger partial charge in [-0.2, -0.15) is 0 Å². The molecule has 29 heavy (non-hydrogen) atoms. The SMILES string of the molecule is O=C(/C=C/c1cc2ccccc2[nH]c1=O)N(Cc1cccnc1)c1ccccc1. The highest BCUT2D eigenvalue weighted by Gasteiger charge is 2.14. The molecule has 142 valence electrons. The summed E-state index contributed by atoms with van der Waals surface area (Å²) >= 11 is 0. The number of pyridine rings is 2. The molecule has 2 aromatic heterocycles. The molecular weight excluding hydrogens is 362 g/mol. The number of carbonyl (C=O) groups excluding carboxylic acids is 1. The fraction of sp³-hybridized carbons (Fsp3) is 0.0417. The summed E-state index contributed by atoms with van der Waals surface area (Å²) in [7, 11) is 0. The van der Waals surface area contributed by atoms with Crippen molar-refractivity contribution in [3.05, 3.63) is 113 Å². The number of amides is 1. The Morgan fingerprint density at radius 3 is 2.59 bits per heavy atom. The maximum Gasteiger partial charge on any atom is 0.255 e. The van der Waals surface area contributed by atoms with Gasteiger partial charge in [-0.25, -0.2) is 0 Å². The molecule has 2 heterocycles. The van der Waals surface area contributed by atoms with Gasteiger partial charge in [-0.15, -0.1) is 0 Å². The Kier molecular flexibility index (Phi) is 5.29. The molecule has 0 aliphatic carbocycles. The number of aromatic nitrogens is 2. The zero-order valence-electron chi connectivity index (χ0n) is 15.7. The van der Waals surface area contributed by atoms with Crippen LogP contribution in [0.3, 0.4) is 0 Å². The van der Waals surface area contributed by atoms with Gasteiger partial charge < -0.3 is 9.88 Å². The van der Waals surface area contributed by atoms with Crippen molar-refractivity contribution >= 4 is 28.6 Å². The van der Waals surface area contributed by atoms with Gasteiger partial charge in [-0.05, 0) is 47.4 Å². The molecule has 0 unspecified atom stereocenters. The second-order valence-corrected chi connectivity index (χ2v) is 6.60. The van der Waals surface area contributed by atoms with E-state index in [-0.39, 0.29) is 11.5 Å². The van der Waals surface area contributed by atoms with Crippen LogP contribution in [-0.2, 0) is 11.3 Å². The standard InChI is InChI=1S/C24H19N3O2/c28-23(13-12-20-15-19-8-4-5-11-22(19)26-24(20)29)27(21-9-2-1-3-10-21)17-18-7-6-14-25-16-18/h1-16H,17H2,(H,26,29)/b13-12+. The molecule has 0 saturated carbocycles. The molecule has 1 amide bonds. The van der Waals surface area contributed by atoms with Crippen LogP contribution in [0.25, 0.3) is 17.0 Å². The third kappa shape index (κ3) is 4.30. The molecule has 0 aliphatic rings. The summed E-state index contributed by atoms with van der Waals surface area (Å²) in [5.41, 5.74) is 2.67.